The van der Waals surface area contributed by atoms with Crippen molar-refractivity contribution in [2.75, 3.05) is 19.1 Å². The number of thiophene rings is 1. The molecule has 0 aliphatic heterocycles. The second kappa shape index (κ2) is 7.84. The van der Waals surface area contributed by atoms with Crippen LogP contribution < -0.4 is 5.32 Å². The molecule has 116 valence electrons. The molecule has 0 aromatic carbocycles. The smallest absolute Gasteiger partial charge is 0.245 e. The molecule has 0 bridgehead atoms. The molecule has 0 radical (unpaired) electrons. The number of carbonyl (C=O) groups excluding carboxylic acids is 2. The molecule has 0 spiro atoms. The summed E-state index contributed by atoms with van der Waals surface area (Å²) in [6.45, 7) is 0.595. The first-order chi connectivity index (χ1) is 10.1. The lowest BCUT2D eigenvalue weighted by molar-refractivity contribution is -0.136. The van der Waals surface area contributed by atoms with Gasteiger partial charge >= 0.3 is 0 Å². The Kier molecular flexibility index (Phi) is 6.11. The van der Waals surface area contributed by atoms with Gasteiger partial charge in [0.2, 0.25) is 11.8 Å². The van der Waals surface area contributed by atoms with Gasteiger partial charge in [-0.05, 0) is 53.7 Å². The van der Waals surface area contributed by atoms with E-state index in [-0.39, 0.29) is 17.7 Å². The molecule has 2 amide bonds. The van der Waals surface area contributed by atoms with Gasteiger partial charge in [-0.1, -0.05) is 0 Å². The number of thioether (sulfide) groups is 1. The highest BCUT2D eigenvalue weighted by molar-refractivity contribution is 7.98. The Bertz CT molecular complexity index is 472. The average molecular weight is 326 g/mol. The molecule has 2 rings (SSSR count). The summed E-state index contributed by atoms with van der Waals surface area (Å²) in [7, 11) is 1.80. The summed E-state index contributed by atoms with van der Waals surface area (Å²) < 4.78 is 0. The van der Waals surface area contributed by atoms with Crippen molar-refractivity contribution >= 4 is 34.9 Å². The highest BCUT2D eigenvalue weighted by Crippen LogP contribution is 2.29. The molecule has 1 aromatic rings. The van der Waals surface area contributed by atoms with E-state index in [1.165, 1.54) is 0 Å². The Morgan fingerprint density at radius 3 is 2.86 bits per heavy atom. The van der Waals surface area contributed by atoms with Gasteiger partial charge in [-0.15, -0.1) is 0 Å². The predicted octanol–water partition coefficient (Wildman–Crippen LogP) is 2.35. The zero-order valence-corrected chi connectivity index (χ0v) is 14.1. The van der Waals surface area contributed by atoms with E-state index in [1.54, 1.807) is 35.0 Å². The van der Waals surface area contributed by atoms with E-state index < -0.39 is 6.04 Å². The molecule has 1 heterocycles. The Hall–Kier alpha value is -1.01. The minimum Gasteiger partial charge on any atom is -0.344 e. The maximum atomic E-state index is 12.6. The summed E-state index contributed by atoms with van der Waals surface area (Å²) in [5, 5.41) is 6.99. The summed E-state index contributed by atoms with van der Waals surface area (Å²) in [4.78, 5) is 26.2. The van der Waals surface area contributed by atoms with Gasteiger partial charge in [-0.25, -0.2) is 0 Å². The highest BCUT2D eigenvalue weighted by atomic mass is 32.2. The van der Waals surface area contributed by atoms with Crippen molar-refractivity contribution in [1.82, 2.24) is 10.2 Å². The Morgan fingerprint density at radius 2 is 2.29 bits per heavy atom. The maximum Gasteiger partial charge on any atom is 0.245 e. The molecule has 6 heteroatoms. The highest BCUT2D eigenvalue weighted by Gasteiger charge is 2.33. The normalized spacial score (nSPS) is 15.5. The van der Waals surface area contributed by atoms with Crippen LogP contribution in [0.25, 0.3) is 0 Å². The van der Waals surface area contributed by atoms with Gasteiger partial charge in [-0.3, -0.25) is 9.59 Å². The molecule has 1 N–H and O–H groups in total. The summed E-state index contributed by atoms with van der Waals surface area (Å²) >= 11 is 3.32. The molecule has 21 heavy (non-hydrogen) atoms. The number of hydrogen-bond donors (Lipinski definition) is 1. The molecular weight excluding hydrogens is 304 g/mol. The molecule has 1 saturated carbocycles. The van der Waals surface area contributed by atoms with Crippen molar-refractivity contribution in [3.8, 4) is 0 Å². The van der Waals surface area contributed by atoms with E-state index in [9.17, 15) is 9.59 Å². The monoisotopic (exact) mass is 326 g/mol. The second-order valence-electron chi connectivity index (χ2n) is 5.44. The third kappa shape index (κ3) is 5.04. The molecule has 1 atom stereocenters. The van der Waals surface area contributed by atoms with Crippen LogP contribution in [0, 0.1) is 5.92 Å². The van der Waals surface area contributed by atoms with Crippen LogP contribution in [0.4, 0.5) is 0 Å². The van der Waals surface area contributed by atoms with Crippen LogP contribution in [-0.2, 0) is 16.1 Å². The molecule has 0 unspecified atom stereocenters. The van der Waals surface area contributed by atoms with Crippen molar-refractivity contribution in [1.29, 1.82) is 0 Å². The summed E-state index contributed by atoms with van der Waals surface area (Å²) in [6.07, 6.45) is 4.62. The largest absolute Gasteiger partial charge is 0.344 e. The van der Waals surface area contributed by atoms with E-state index in [0.29, 0.717) is 13.0 Å². The number of hydrogen-bond acceptors (Lipinski definition) is 4. The fourth-order valence-electron chi connectivity index (χ4n) is 2.13. The van der Waals surface area contributed by atoms with Crippen LogP contribution in [0.5, 0.6) is 0 Å². The molecule has 1 aliphatic carbocycles. The number of likely N-dealkylation sites (N-methyl/N-ethyl adjacent to an activating group) is 1. The summed E-state index contributed by atoms with van der Waals surface area (Å²) in [5.74, 6) is 1.05. The van der Waals surface area contributed by atoms with Gasteiger partial charge in [0.05, 0.1) is 0 Å². The van der Waals surface area contributed by atoms with Gasteiger partial charge in [0.15, 0.2) is 0 Å². The number of amides is 2. The quantitative estimate of drug-likeness (QED) is 0.798. The first kappa shape index (κ1) is 16.4. The van der Waals surface area contributed by atoms with Crippen LogP contribution in [-0.4, -0.2) is 41.8 Å². The first-order valence-corrected chi connectivity index (χ1v) is 9.51. The van der Waals surface area contributed by atoms with Crippen LogP contribution in [0.3, 0.4) is 0 Å². The van der Waals surface area contributed by atoms with Crippen molar-refractivity contribution in [2.24, 2.45) is 5.92 Å². The van der Waals surface area contributed by atoms with Crippen molar-refractivity contribution < 1.29 is 9.59 Å². The topological polar surface area (TPSA) is 49.4 Å². The standard InChI is InChI=1S/C15H22N2O2S2/c1-17(9-11-5-8-21-10-11)15(19)13(6-7-20-2)16-14(18)12-3-4-12/h5,8,10,12-13H,3-4,6-7,9H2,1-2H3,(H,16,18)/t13-/m0/s1. The minimum absolute atomic E-state index is 0.00394. The van der Waals surface area contributed by atoms with Gasteiger partial charge < -0.3 is 10.2 Å². The van der Waals surface area contributed by atoms with Crippen molar-refractivity contribution in [2.45, 2.75) is 31.8 Å². The fourth-order valence-corrected chi connectivity index (χ4v) is 3.26. The summed E-state index contributed by atoms with van der Waals surface area (Å²) in [5.41, 5.74) is 1.13. The van der Waals surface area contributed by atoms with Crippen LogP contribution >= 0.6 is 23.1 Å². The van der Waals surface area contributed by atoms with E-state index in [4.69, 9.17) is 0 Å². The Labute approximate surface area is 134 Å². The van der Waals surface area contributed by atoms with Gasteiger partial charge in [0.25, 0.3) is 0 Å². The molecule has 0 saturated heterocycles. The lowest BCUT2D eigenvalue weighted by Crippen LogP contribution is -2.47. The minimum atomic E-state index is -0.394. The Balaban J connectivity index is 1.92. The van der Waals surface area contributed by atoms with Crippen LogP contribution in [0.2, 0.25) is 0 Å². The van der Waals surface area contributed by atoms with E-state index in [2.05, 4.69) is 5.32 Å². The zero-order chi connectivity index (χ0) is 15.2. The van der Waals surface area contributed by atoms with Crippen molar-refractivity contribution in [3.63, 3.8) is 0 Å². The fraction of sp³-hybridized carbons (Fsp3) is 0.600. The van der Waals surface area contributed by atoms with E-state index in [0.717, 1.165) is 24.2 Å². The van der Waals surface area contributed by atoms with Crippen LogP contribution in [0.15, 0.2) is 16.8 Å². The van der Waals surface area contributed by atoms with Gasteiger partial charge in [0.1, 0.15) is 6.04 Å². The first-order valence-electron chi connectivity index (χ1n) is 7.17. The van der Waals surface area contributed by atoms with E-state index >= 15 is 0 Å². The SMILES string of the molecule is CSCC[C@H](NC(=O)C1CC1)C(=O)N(C)Cc1ccsc1. The molecule has 4 nitrogen and oxygen atoms in total. The maximum absolute atomic E-state index is 12.6. The lowest BCUT2D eigenvalue weighted by Gasteiger charge is -2.24. The third-order valence-corrected chi connectivity index (χ3v) is 4.93. The average Bonchev–Trinajstić information content (AvgIpc) is 3.21. The predicted molar refractivity (Wildman–Crippen MR) is 88.4 cm³/mol. The second-order valence-corrected chi connectivity index (χ2v) is 7.21. The molecule has 1 aromatic heterocycles. The van der Waals surface area contributed by atoms with Gasteiger partial charge in [-0.2, -0.15) is 23.1 Å². The summed E-state index contributed by atoms with van der Waals surface area (Å²) in [6, 6.07) is 1.63. The Morgan fingerprint density at radius 1 is 1.52 bits per heavy atom. The van der Waals surface area contributed by atoms with Gasteiger partial charge in [0, 0.05) is 19.5 Å². The molecule has 1 fully saturated rings. The van der Waals surface area contributed by atoms with E-state index in [1.807, 2.05) is 23.1 Å². The molecule has 1 aliphatic rings. The zero-order valence-electron chi connectivity index (χ0n) is 12.5. The number of nitrogens with one attached hydrogen (secondary N) is 1. The number of nitrogens with zero attached hydrogens (tertiary/aromatic N) is 1. The third-order valence-electron chi connectivity index (χ3n) is 3.55. The number of carbonyl (C=O) groups is 2. The van der Waals surface area contributed by atoms with Crippen molar-refractivity contribution in [3.05, 3.63) is 22.4 Å². The molecular formula is C15H22N2O2S2. The van der Waals surface area contributed by atoms with Crippen LogP contribution in [0.1, 0.15) is 24.8 Å². The number of rotatable bonds is 8. The lowest BCUT2D eigenvalue weighted by atomic mass is 10.1.